The van der Waals surface area contributed by atoms with Gasteiger partial charge in [-0.2, -0.15) is 0 Å². The lowest BCUT2D eigenvalue weighted by Gasteiger charge is -2.32. The number of ether oxygens (including phenoxy) is 1. The molecular weight excluding hydrogens is 262 g/mol. The van der Waals surface area contributed by atoms with Crippen molar-refractivity contribution in [2.75, 3.05) is 10.6 Å². The highest BCUT2D eigenvalue weighted by Gasteiger charge is 2.27. The monoisotopic (exact) mass is 275 g/mol. The molecule has 2 N–H and O–H groups in total. The van der Waals surface area contributed by atoms with Gasteiger partial charge < -0.3 is 15.4 Å². The van der Waals surface area contributed by atoms with E-state index < -0.39 is 0 Å². The predicted molar refractivity (Wildman–Crippen MR) is 83.4 cm³/mol. The fraction of sp³-hybridized carbons (Fsp3) is 0. The van der Waals surface area contributed by atoms with E-state index in [0.717, 1.165) is 17.1 Å². The first-order chi connectivity index (χ1) is 10.3. The molecule has 1 aliphatic heterocycles. The van der Waals surface area contributed by atoms with Crippen molar-refractivity contribution in [3.8, 4) is 11.6 Å². The van der Waals surface area contributed by atoms with Crippen molar-refractivity contribution in [1.82, 2.24) is 4.98 Å². The molecule has 2 heterocycles. The highest BCUT2D eigenvalue weighted by molar-refractivity contribution is 5.88. The first-order valence-electron chi connectivity index (χ1n) is 6.71. The van der Waals surface area contributed by atoms with Gasteiger partial charge in [-0.1, -0.05) is 24.3 Å². The third kappa shape index (κ3) is 1.80. The number of hydrogen-bond acceptors (Lipinski definition) is 4. The van der Waals surface area contributed by atoms with Gasteiger partial charge in [-0.05, 0) is 36.4 Å². The number of fused-ring (bicyclic) bond motifs is 2. The summed E-state index contributed by atoms with van der Waals surface area (Å²) in [5.74, 6) is 1.21. The summed E-state index contributed by atoms with van der Waals surface area (Å²) in [6.45, 7) is 0. The Bertz CT molecular complexity index is 802. The van der Waals surface area contributed by atoms with E-state index in [0.29, 0.717) is 17.3 Å². The first kappa shape index (κ1) is 11.8. The summed E-state index contributed by atoms with van der Waals surface area (Å²) in [7, 11) is 0. The zero-order valence-corrected chi connectivity index (χ0v) is 11.2. The lowest BCUT2D eigenvalue weighted by molar-refractivity contribution is 0.459. The minimum Gasteiger partial charge on any atom is -0.433 e. The number of hydrogen-bond donors (Lipinski definition) is 1. The molecule has 4 nitrogen and oxygen atoms in total. The van der Waals surface area contributed by atoms with Crippen molar-refractivity contribution in [3.63, 3.8) is 0 Å². The van der Waals surface area contributed by atoms with Gasteiger partial charge in [0.25, 0.3) is 0 Å². The van der Waals surface area contributed by atoms with E-state index in [4.69, 9.17) is 10.5 Å². The Kier molecular flexibility index (Phi) is 2.54. The van der Waals surface area contributed by atoms with Crippen molar-refractivity contribution < 1.29 is 4.74 Å². The smallest absolute Gasteiger partial charge is 0.243 e. The van der Waals surface area contributed by atoms with Crippen molar-refractivity contribution in [2.24, 2.45) is 0 Å². The molecule has 2 aromatic carbocycles. The molecule has 0 fully saturated rings. The van der Waals surface area contributed by atoms with E-state index in [-0.39, 0.29) is 0 Å². The van der Waals surface area contributed by atoms with E-state index in [2.05, 4.69) is 22.0 Å². The number of pyridine rings is 1. The Morgan fingerprint density at radius 1 is 0.857 bits per heavy atom. The van der Waals surface area contributed by atoms with Crippen molar-refractivity contribution in [2.45, 2.75) is 0 Å². The first-order valence-corrected chi connectivity index (χ1v) is 6.71. The minimum atomic E-state index is 0.562. The van der Waals surface area contributed by atoms with Gasteiger partial charge in [-0.15, -0.1) is 0 Å². The summed E-state index contributed by atoms with van der Waals surface area (Å²) in [5.41, 5.74) is 9.53. The number of rotatable bonds is 1. The van der Waals surface area contributed by atoms with Gasteiger partial charge >= 0.3 is 0 Å². The van der Waals surface area contributed by atoms with Gasteiger partial charge in [0, 0.05) is 11.9 Å². The largest absolute Gasteiger partial charge is 0.433 e. The minimum absolute atomic E-state index is 0.562. The van der Waals surface area contributed by atoms with Crippen LogP contribution in [-0.2, 0) is 0 Å². The molecule has 4 rings (SSSR count). The molecule has 3 aromatic rings. The number of anilines is 4. The second-order valence-corrected chi connectivity index (χ2v) is 4.80. The molecule has 0 spiro atoms. The van der Waals surface area contributed by atoms with E-state index in [9.17, 15) is 0 Å². The van der Waals surface area contributed by atoms with Gasteiger partial charge in [0.05, 0.1) is 11.4 Å². The molecule has 0 unspecified atom stereocenters. The average Bonchev–Trinajstić information content (AvgIpc) is 2.54. The van der Waals surface area contributed by atoms with Crippen molar-refractivity contribution in [3.05, 3.63) is 66.9 Å². The van der Waals surface area contributed by atoms with Crippen LogP contribution in [0.25, 0.3) is 0 Å². The maximum absolute atomic E-state index is 6.06. The summed E-state index contributed by atoms with van der Waals surface area (Å²) in [5, 5.41) is 0. The van der Waals surface area contributed by atoms with Crippen molar-refractivity contribution in [1.29, 1.82) is 0 Å². The number of nitrogens with zero attached hydrogens (tertiary/aromatic N) is 2. The summed E-state index contributed by atoms with van der Waals surface area (Å²) in [4.78, 5) is 6.42. The van der Waals surface area contributed by atoms with E-state index in [1.165, 1.54) is 0 Å². The van der Waals surface area contributed by atoms with Crippen LogP contribution in [0, 0.1) is 0 Å². The maximum atomic E-state index is 6.06. The summed E-state index contributed by atoms with van der Waals surface area (Å²) >= 11 is 0. The van der Waals surface area contributed by atoms with Gasteiger partial charge in [0.1, 0.15) is 5.69 Å². The molecule has 102 valence electrons. The Hall–Kier alpha value is -3.01. The van der Waals surface area contributed by atoms with Crippen LogP contribution < -0.4 is 15.4 Å². The topological polar surface area (TPSA) is 51.4 Å². The molecular formula is C17H13N3O. The number of para-hydroxylation sites is 2. The fourth-order valence-electron chi connectivity index (χ4n) is 2.54. The Morgan fingerprint density at radius 3 is 2.52 bits per heavy atom. The molecule has 0 radical (unpaired) electrons. The SMILES string of the molecule is Nc1cccc2c1Oc1ncccc1N2c1ccccc1. The summed E-state index contributed by atoms with van der Waals surface area (Å²) < 4.78 is 5.88. The fourth-order valence-corrected chi connectivity index (χ4v) is 2.54. The number of nitrogen functional groups attached to an aromatic ring is 1. The standard InChI is InChI=1S/C17H13N3O/c18-13-8-4-9-14-16(13)21-17-15(10-5-11-19-17)20(14)12-6-2-1-3-7-12/h1-11H,18H2. The van der Waals surface area contributed by atoms with Crippen LogP contribution in [0.4, 0.5) is 22.7 Å². The normalized spacial score (nSPS) is 12.3. The second-order valence-electron chi connectivity index (χ2n) is 4.80. The van der Waals surface area contributed by atoms with Gasteiger partial charge in [0.15, 0.2) is 5.75 Å². The van der Waals surface area contributed by atoms with Gasteiger partial charge in [-0.3, -0.25) is 0 Å². The highest BCUT2D eigenvalue weighted by Crippen LogP contribution is 2.51. The molecule has 0 saturated heterocycles. The zero-order chi connectivity index (χ0) is 14.2. The number of nitrogens with two attached hydrogens (primary N) is 1. The molecule has 1 aromatic heterocycles. The van der Waals surface area contributed by atoms with Crippen LogP contribution in [0.15, 0.2) is 66.9 Å². The molecule has 0 saturated carbocycles. The molecule has 21 heavy (non-hydrogen) atoms. The summed E-state index contributed by atoms with van der Waals surface area (Å²) in [6.07, 6.45) is 1.71. The van der Waals surface area contributed by atoms with Crippen LogP contribution in [0.2, 0.25) is 0 Å². The molecule has 1 aliphatic rings. The third-order valence-electron chi connectivity index (χ3n) is 3.47. The van der Waals surface area contributed by atoms with Crippen LogP contribution >= 0.6 is 0 Å². The van der Waals surface area contributed by atoms with Crippen LogP contribution in [0.5, 0.6) is 11.6 Å². The summed E-state index contributed by atoms with van der Waals surface area (Å²) in [6, 6.07) is 19.7. The molecule has 4 heteroatoms. The number of benzene rings is 2. The second kappa shape index (κ2) is 4.52. The maximum Gasteiger partial charge on any atom is 0.243 e. The lowest BCUT2D eigenvalue weighted by Crippen LogP contribution is -2.17. The Balaban J connectivity index is 2.00. The quantitative estimate of drug-likeness (QED) is 0.528. The van der Waals surface area contributed by atoms with E-state index >= 15 is 0 Å². The van der Waals surface area contributed by atoms with Crippen LogP contribution in [-0.4, -0.2) is 4.98 Å². The predicted octanol–water partition coefficient (Wildman–Crippen LogP) is 4.24. The van der Waals surface area contributed by atoms with Gasteiger partial charge in [-0.25, -0.2) is 4.98 Å². The third-order valence-corrected chi connectivity index (χ3v) is 3.47. The molecule has 0 amide bonds. The van der Waals surface area contributed by atoms with E-state index in [1.807, 2.05) is 48.5 Å². The molecule has 0 aliphatic carbocycles. The zero-order valence-electron chi connectivity index (χ0n) is 11.2. The van der Waals surface area contributed by atoms with Crippen LogP contribution in [0.1, 0.15) is 0 Å². The van der Waals surface area contributed by atoms with Crippen LogP contribution in [0.3, 0.4) is 0 Å². The Morgan fingerprint density at radius 2 is 1.67 bits per heavy atom. The number of aromatic nitrogens is 1. The molecule has 0 atom stereocenters. The van der Waals surface area contributed by atoms with E-state index in [1.54, 1.807) is 6.20 Å². The lowest BCUT2D eigenvalue weighted by atomic mass is 10.1. The van der Waals surface area contributed by atoms with Gasteiger partial charge in [0.2, 0.25) is 5.88 Å². The molecule has 0 bridgehead atoms. The highest BCUT2D eigenvalue weighted by atomic mass is 16.5. The average molecular weight is 275 g/mol. The Labute approximate surface area is 122 Å². The van der Waals surface area contributed by atoms with Crippen molar-refractivity contribution >= 4 is 22.7 Å².